The van der Waals surface area contributed by atoms with Crippen molar-refractivity contribution in [1.29, 1.82) is 0 Å². The van der Waals surface area contributed by atoms with Crippen LogP contribution in [0.3, 0.4) is 0 Å². The van der Waals surface area contributed by atoms with Gasteiger partial charge < -0.3 is 9.88 Å². The van der Waals surface area contributed by atoms with Gasteiger partial charge in [-0.15, -0.1) is 0 Å². The first-order chi connectivity index (χ1) is 10.5. The Kier molecular flexibility index (Phi) is 3.72. The van der Waals surface area contributed by atoms with E-state index >= 15 is 0 Å². The summed E-state index contributed by atoms with van der Waals surface area (Å²) in [4.78, 5) is 12.5. The topological polar surface area (TPSA) is 34.0 Å². The fourth-order valence-corrected chi connectivity index (χ4v) is 3.16. The molecule has 1 heterocycles. The molecular formula is C17H18F2N2O. The van der Waals surface area contributed by atoms with E-state index in [-0.39, 0.29) is 16.5 Å². The maximum absolute atomic E-state index is 14.0. The highest BCUT2D eigenvalue weighted by molar-refractivity contribution is 5.83. The van der Waals surface area contributed by atoms with Crippen LogP contribution in [0.4, 0.5) is 8.78 Å². The first-order valence-corrected chi connectivity index (χ1v) is 7.42. The van der Waals surface area contributed by atoms with Gasteiger partial charge in [-0.3, -0.25) is 4.79 Å². The van der Waals surface area contributed by atoms with Crippen molar-refractivity contribution in [3.63, 3.8) is 0 Å². The Bertz CT molecular complexity index is 804. The molecule has 3 nitrogen and oxygen atoms in total. The highest BCUT2D eigenvalue weighted by Crippen LogP contribution is 2.22. The molecule has 1 saturated carbocycles. The van der Waals surface area contributed by atoms with Gasteiger partial charge in [0.15, 0.2) is 0 Å². The summed E-state index contributed by atoms with van der Waals surface area (Å²) in [5.74, 6) is -1.33. The van der Waals surface area contributed by atoms with E-state index in [1.807, 2.05) is 0 Å². The summed E-state index contributed by atoms with van der Waals surface area (Å²) in [5.41, 5.74) is 0.201. The van der Waals surface area contributed by atoms with Crippen LogP contribution in [-0.2, 0) is 7.05 Å². The molecule has 116 valence electrons. The van der Waals surface area contributed by atoms with Gasteiger partial charge in [0.2, 0.25) is 5.43 Å². The van der Waals surface area contributed by atoms with Crippen molar-refractivity contribution in [2.75, 3.05) is 0 Å². The van der Waals surface area contributed by atoms with Gasteiger partial charge in [0.1, 0.15) is 11.6 Å². The van der Waals surface area contributed by atoms with Crippen molar-refractivity contribution in [1.82, 2.24) is 9.88 Å². The third-order valence-electron chi connectivity index (χ3n) is 4.28. The average Bonchev–Trinajstić information content (AvgIpc) is 2.98. The van der Waals surface area contributed by atoms with Gasteiger partial charge in [0.25, 0.3) is 0 Å². The standard InChI is InChI=1S/C17H18F2N2O/c1-10(20-11-5-3-4-6-11)12-9-21(2)16-14(19)8-7-13(18)15(16)17(12)22/h7-9,11,20H,1,3-6H2,2H3. The molecule has 2 aromatic rings. The van der Waals surface area contributed by atoms with Crippen molar-refractivity contribution in [2.24, 2.45) is 7.05 Å². The first-order valence-electron chi connectivity index (χ1n) is 7.42. The lowest BCUT2D eigenvalue weighted by molar-refractivity contribution is 0.608. The minimum Gasteiger partial charge on any atom is -0.382 e. The minimum absolute atomic E-state index is 0.0255. The summed E-state index contributed by atoms with van der Waals surface area (Å²) >= 11 is 0. The van der Waals surface area contributed by atoms with Gasteiger partial charge in [-0.25, -0.2) is 8.78 Å². The smallest absolute Gasteiger partial charge is 0.201 e. The Morgan fingerprint density at radius 3 is 2.59 bits per heavy atom. The number of nitrogens with zero attached hydrogens (tertiary/aromatic N) is 1. The zero-order chi connectivity index (χ0) is 15.9. The van der Waals surface area contributed by atoms with Crippen LogP contribution in [0.1, 0.15) is 31.2 Å². The van der Waals surface area contributed by atoms with Crippen molar-refractivity contribution in [2.45, 2.75) is 31.7 Å². The fourth-order valence-electron chi connectivity index (χ4n) is 3.16. The van der Waals surface area contributed by atoms with E-state index in [1.165, 1.54) is 10.8 Å². The number of benzene rings is 1. The lowest BCUT2D eigenvalue weighted by Gasteiger charge is -2.17. The van der Waals surface area contributed by atoms with Gasteiger partial charge in [0, 0.05) is 25.0 Å². The predicted octanol–water partition coefficient (Wildman–Crippen LogP) is 3.32. The molecule has 0 amide bonds. The van der Waals surface area contributed by atoms with E-state index in [1.54, 1.807) is 7.05 Å². The minimum atomic E-state index is -0.715. The maximum Gasteiger partial charge on any atom is 0.201 e. The Hall–Kier alpha value is -2.17. The van der Waals surface area contributed by atoms with Crippen LogP contribution in [0.5, 0.6) is 0 Å². The van der Waals surface area contributed by atoms with Gasteiger partial charge >= 0.3 is 0 Å². The average molecular weight is 304 g/mol. The third kappa shape index (κ3) is 2.40. The number of hydrogen-bond donors (Lipinski definition) is 1. The second kappa shape index (κ2) is 5.55. The van der Waals surface area contributed by atoms with Crippen LogP contribution < -0.4 is 10.7 Å². The SMILES string of the molecule is C=C(NC1CCCC1)c1cn(C)c2c(F)ccc(F)c2c1=O. The van der Waals surface area contributed by atoms with E-state index in [4.69, 9.17) is 0 Å². The van der Waals surface area contributed by atoms with E-state index in [2.05, 4.69) is 11.9 Å². The number of hydrogen-bond acceptors (Lipinski definition) is 2. The van der Waals surface area contributed by atoms with Crippen LogP contribution in [0.15, 0.2) is 29.7 Å². The number of pyridine rings is 1. The second-order valence-corrected chi connectivity index (χ2v) is 5.84. The molecule has 0 saturated heterocycles. The molecule has 1 aliphatic rings. The summed E-state index contributed by atoms with van der Waals surface area (Å²) in [7, 11) is 1.59. The first kappa shape index (κ1) is 14.8. The van der Waals surface area contributed by atoms with Crippen LogP contribution in [0.2, 0.25) is 0 Å². The quantitative estimate of drug-likeness (QED) is 0.944. The molecule has 1 N–H and O–H groups in total. The molecular weight excluding hydrogens is 286 g/mol. The summed E-state index contributed by atoms with van der Waals surface area (Å²) in [6.45, 7) is 3.91. The maximum atomic E-state index is 14.0. The van der Waals surface area contributed by atoms with E-state index in [0.29, 0.717) is 11.7 Å². The zero-order valence-corrected chi connectivity index (χ0v) is 12.5. The number of aryl methyl sites for hydroxylation is 1. The summed E-state index contributed by atoms with van der Waals surface area (Å²) in [6.07, 6.45) is 5.89. The Morgan fingerprint density at radius 2 is 1.91 bits per heavy atom. The Labute approximate surface area is 127 Å². The lowest BCUT2D eigenvalue weighted by Crippen LogP contribution is -2.27. The predicted molar refractivity (Wildman–Crippen MR) is 83.5 cm³/mol. The van der Waals surface area contributed by atoms with E-state index in [0.717, 1.165) is 37.8 Å². The number of nitrogens with one attached hydrogen (secondary N) is 1. The monoisotopic (exact) mass is 304 g/mol. The molecule has 0 radical (unpaired) electrons. The molecule has 1 aromatic carbocycles. The molecule has 1 aliphatic carbocycles. The Balaban J connectivity index is 2.11. The van der Waals surface area contributed by atoms with Gasteiger partial charge in [0.05, 0.1) is 16.5 Å². The second-order valence-electron chi connectivity index (χ2n) is 5.84. The molecule has 1 aromatic heterocycles. The molecule has 1 fully saturated rings. The van der Waals surface area contributed by atoms with Crippen LogP contribution in [-0.4, -0.2) is 10.6 Å². The van der Waals surface area contributed by atoms with Crippen LogP contribution in [0, 0.1) is 11.6 Å². The van der Waals surface area contributed by atoms with Crippen LogP contribution in [0.25, 0.3) is 16.6 Å². The zero-order valence-electron chi connectivity index (χ0n) is 12.5. The lowest BCUT2D eigenvalue weighted by atomic mass is 10.1. The summed E-state index contributed by atoms with van der Waals surface area (Å²) < 4.78 is 29.4. The molecule has 0 bridgehead atoms. The number of fused-ring (bicyclic) bond motifs is 1. The fraction of sp³-hybridized carbons (Fsp3) is 0.353. The highest BCUT2D eigenvalue weighted by Gasteiger charge is 2.19. The van der Waals surface area contributed by atoms with Crippen molar-refractivity contribution >= 4 is 16.6 Å². The molecule has 0 aliphatic heterocycles. The molecule has 22 heavy (non-hydrogen) atoms. The van der Waals surface area contributed by atoms with Crippen molar-refractivity contribution in [3.8, 4) is 0 Å². The van der Waals surface area contributed by atoms with Gasteiger partial charge in [-0.1, -0.05) is 19.4 Å². The summed E-state index contributed by atoms with van der Waals surface area (Å²) in [6, 6.07) is 2.31. The molecule has 5 heteroatoms. The van der Waals surface area contributed by atoms with E-state index < -0.39 is 17.1 Å². The largest absolute Gasteiger partial charge is 0.382 e. The van der Waals surface area contributed by atoms with Gasteiger partial charge in [-0.2, -0.15) is 0 Å². The molecule has 0 spiro atoms. The normalized spacial score (nSPS) is 15.4. The molecule has 3 rings (SSSR count). The third-order valence-corrected chi connectivity index (χ3v) is 4.28. The number of halogens is 2. The highest BCUT2D eigenvalue weighted by atomic mass is 19.1. The van der Waals surface area contributed by atoms with E-state index in [9.17, 15) is 13.6 Å². The molecule has 0 atom stereocenters. The van der Waals surface area contributed by atoms with Crippen LogP contribution >= 0.6 is 0 Å². The van der Waals surface area contributed by atoms with Gasteiger partial charge in [-0.05, 0) is 25.0 Å². The Morgan fingerprint density at radius 1 is 1.27 bits per heavy atom. The van der Waals surface area contributed by atoms with Crippen molar-refractivity contribution in [3.05, 3.63) is 52.3 Å². The summed E-state index contributed by atoms with van der Waals surface area (Å²) in [5, 5.41) is 3.01. The molecule has 0 unspecified atom stereocenters. The van der Waals surface area contributed by atoms with Crippen molar-refractivity contribution < 1.29 is 8.78 Å². The number of aromatic nitrogens is 1. The number of rotatable bonds is 3.